The van der Waals surface area contributed by atoms with Gasteiger partial charge in [0.05, 0.1) is 5.69 Å². The monoisotopic (exact) mass is 333 g/mol. The quantitative estimate of drug-likeness (QED) is 0.517. The Kier molecular flexibility index (Phi) is 10.2. The fourth-order valence-corrected chi connectivity index (χ4v) is 3.16. The highest BCUT2D eigenvalue weighted by atomic mass is 15.2. The van der Waals surface area contributed by atoms with Crippen LogP contribution in [0.15, 0.2) is 24.4 Å². The summed E-state index contributed by atoms with van der Waals surface area (Å²) < 4.78 is 0. The molecule has 3 heteroatoms. The zero-order valence-corrected chi connectivity index (χ0v) is 16.8. The van der Waals surface area contributed by atoms with Crippen LogP contribution in [0.3, 0.4) is 0 Å². The largest absolute Gasteiger partial charge is 0.303 e. The van der Waals surface area contributed by atoms with Gasteiger partial charge >= 0.3 is 0 Å². The van der Waals surface area contributed by atoms with E-state index in [4.69, 9.17) is 0 Å². The normalized spacial score (nSPS) is 12.3. The average molecular weight is 334 g/mol. The van der Waals surface area contributed by atoms with Gasteiger partial charge in [0, 0.05) is 31.9 Å². The summed E-state index contributed by atoms with van der Waals surface area (Å²) in [5, 5.41) is 0. The van der Waals surface area contributed by atoms with Gasteiger partial charge in [0.25, 0.3) is 0 Å². The van der Waals surface area contributed by atoms with Crippen molar-refractivity contribution in [3.8, 4) is 0 Å². The van der Waals surface area contributed by atoms with Crippen molar-refractivity contribution in [1.82, 2.24) is 14.8 Å². The molecule has 0 amide bonds. The molecule has 0 radical (unpaired) electrons. The molecule has 0 fully saturated rings. The second kappa shape index (κ2) is 11.6. The van der Waals surface area contributed by atoms with E-state index in [9.17, 15) is 0 Å². The minimum atomic E-state index is 0.564. The fraction of sp³-hybridized carbons (Fsp3) is 0.762. The number of unbranched alkanes of at least 4 members (excludes halogenated alkanes) is 1. The maximum Gasteiger partial charge on any atom is 0.0544 e. The van der Waals surface area contributed by atoms with Crippen molar-refractivity contribution < 1.29 is 0 Å². The van der Waals surface area contributed by atoms with Crippen LogP contribution in [0.4, 0.5) is 0 Å². The van der Waals surface area contributed by atoms with Crippen molar-refractivity contribution in [3.05, 3.63) is 30.1 Å². The van der Waals surface area contributed by atoms with Crippen LogP contribution in [0.2, 0.25) is 0 Å². The standard InChI is InChI=1S/C21H39N3/c1-18(2)15-23(16-19(3)4)13-9-10-14-24(20(5)6)17-21-11-7-8-12-22-21/h7-8,11-12,18-20H,9-10,13-17H2,1-6H3. The van der Waals surface area contributed by atoms with Crippen LogP contribution < -0.4 is 0 Å². The van der Waals surface area contributed by atoms with Crippen molar-refractivity contribution in [2.45, 2.75) is 67.0 Å². The Balaban J connectivity index is 2.38. The molecule has 1 aromatic rings. The molecule has 0 N–H and O–H groups in total. The number of hydrogen-bond donors (Lipinski definition) is 0. The summed E-state index contributed by atoms with van der Waals surface area (Å²) in [5.41, 5.74) is 1.17. The van der Waals surface area contributed by atoms with Gasteiger partial charge in [-0.3, -0.25) is 9.88 Å². The second-order valence-electron chi connectivity index (χ2n) is 8.14. The third-order valence-electron chi connectivity index (χ3n) is 4.24. The van der Waals surface area contributed by atoms with E-state index in [0.717, 1.165) is 24.9 Å². The van der Waals surface area contributed by atoms with E-state index < -0.39 is 0 Å². The Morgan fingerprint density at radius 3 is 2.00 bits per heavy atom. The number of nitrogens with zero attached hydrogens (tertiary/aromatic N) is 3. The van der Waals surface area contributed by atoms with E-state index in [2.05, 4.69) is 68.5 Å². The number of rotatable bonds is 12. The Bertz CT molecular complexity index is 404. The van der Waals surface area contributed by atoms with Gasteiger partial charge in [-0.05, 0) is 63.7 Å². The summed E-state index contributed by atoms with van der Waals surface area (Å²) in [6, 6.07) is 6.76. The van der Waals surface area contributed by atoms with Gasteiger partial charge in [0.15, 0.2) is 0 Å². The van der Waals surface area contributed by atoms with Crippen LogP contribution in [-0.2, 0) is 6.54 Å². The van der Waals surface area contributed by atoms with Crippen LogP contribution >= 0.6 is 0 Å². The van der Waals surface area contributed by atoms with Crippen LogP contribution in [0.25, 0.3) is 0 Å². The molecule has 0 aliphatic rings. The summed E-state index contributed by atoms with van der Waals surface area (Å²) >= 11 is 0. The number of pyridine rings is 1. The Labute approximate surface area is 150 Å². The molecule has 24 heavy (non-hydrogen) atoms. The van der Waals surface area contributed by atoms with E-state index in [-0.39, 0.29) is 0 Å². The lowest BCUT2D eigenvalue weighted by Crippen LogP contribution is -2.34. The van der Waals surface area contributed by atoms with E-state index in [1.807, 2.05) is 12.3 Å². The van der Waals surface area contributed by atoms with Crippen LogP contribution in [0, 0.1) is 11.8 Å². The Morgan fingerprint density at radius 1 is 0.875 bits per heavy atom. The molecule has 0 atom stereocenters. The van der Waals surface area contributed by atoms with Gasteiger partial charge in [-0.15, -0.1) is 0 Å². The summed E-state index contributed by atoms with van der Waals surface area (Å²) in [4.78, 5) is 9.66. The van der Waals surface area contributed by atoms with Crippen molar-refractivity contribution in [2.24, 2.45) is 11.8 Å². The topological polar surface area (TPSA) is 19.4 Å². The molecule has 3 nitrogen and oxygen atoms in total. The first-order valence-corrected chi connectivity index (χ1v) is 9.74. The van der Waals surface area contributed by atoms with E-state index in [1.165, 1.54) is 38.2 Å². The highest BCUT2D eigenvalue weighted by Crippen LogP contribution is 2.10. The molecular weight excluding hydrogens is 294 g/mol. The smallest absolute Gasteiger partial charge is 0.0544 e. The summed E-state index contributed by atoms with van der Waals surface area (Å²) in [5.74, 6) is 1.50. The zero-order valence-electron chi connectivity index (χ0n) is 16.8. The maximum absolute atomic E-state index is 4.47. The molecule has 1 rings (SSSR count). The van der Waals surface area contributed by atoms with Crippen LogP contribution in [0.5, 0.6) is 0 Å². The second-order valence-corrected chi connectivity index (χ2v) is 8.14. The molecule has 0 saturated carbocycles. The highest BCUT2D eigenvalue weighted by molar-refractivity contribution is 5.03. The van der Waals surface area contributed by atoms with Gasteiger partial charge in [-0.1, -0.05) is 33.8 Å². The first kappa shape index (κ1) is 21.1. The lowest BCUT2D eigenvalue weighted by atomic mass is 10.1. The van der Waals surface area contributed by atoms with E-state index >= 15 is 0 Å². The molecule has 138 valence electrons. The molecule has 0 aliphatic heterocycles. The Morgan fingerprint density at radius 2 is 1.50 bits per heavy atom. The molecule has 0 aromatic carbocycles. The summed E-state index contributed by atoms with van der Waals surface area (Å²) in [6.45, 7) is 19.6. The first-order chi connectivity index (χ1) is 11.4. The number of hydrogen-bond acceptors (Lipinski definition) is 3. The Hall–Kier alpha value is -0.930. The van der Waals surface area contributed by atoms with E-state index in [1.54, 1.807) is 0 Å². The lowest BCUT2D eigenvalue weighted by Gasteiger charge is -2.28. The number of aromatic nitrogens is 1. The summed E-state index contributed by atoms with van der Waals surface area (Å²) in [6.07, 6.45) is 4.44. The van der Waals surface area contributed by atoms with Gasteiger partial charge < -0.3 is 4.90 Å². The van der Waals surface area contributed by atoms with Gasteiger partial charge in [0.2, 0.25) is 0 Å². The first-order valence-electron chi connectivity index (χ1n) is 9.74. The summed E-state index contributed by atoms with van der Waals surface area (Å²) in [7, 11) is 0. The van der Waals surface area contributed by atoms with Gasteiger partial charge in [-0.2, -0.15) is 0 Å². The van der Waals surface area contributed by atoms with Crippen molar-refractivity contribution in [2.75, 3.05) is 26.2 Å². The molecule has 0 spiro atoms. The minimum absolute atomic E-state index is 0.564. The highest BCUT2D eigenvalue weighted by Gasteiger charge is 2.12. The minimum Gasteiger partial charge on any atom is -0.303 e. The maximum atomic E-state index is 4.47. The molecule has 1 aromatic heterocycles. The molecular formula is C21H39N3. The third kappa shape index (κ3) is 9.39. The van der Waals surface area contributed by atoms with Crippen molar-refractivity contribution >= 4 is 0 Å². The van der Waals surface area contributed by atoms with Gasteiger partial charge in [0.1, 0.15) is 0 Å². The molecule has 0 bridgehead atoms. The van der Waals surface area contributed by atoms with Crippen LogP contribution in [0.1, 0.15) is 60.1 Å². The molecule has 0 aliphatic carbocycles. The van der Waals surface area contributed by atoms with Crippen molar-refractivity contribution in [1.29, 1.82) is 0 Å². The SMILES string of the molecule is CC(C)CN(CCCCN(Cc1ccccn1)C(C)C)CC(C)C. The fourth-order valence-electron chi connectivity index (χ4n) is 3.16. The van der Waals surface area contributed by atoms with E-state index in [0.29, 0.717) is 6.04 Å². The lowest BCUT2D eigenvalue weighted by molar-refractivity contribution is 0.187. The zero-order chi connectivity index (χ0) is 17.9. The predicted molar refractivity (Wildman–Crippen MR) is 105 cm³/mol. The van der Waals surface area contributed by atoms with Gasteiger partial charge in [-0.25, -0.2) is 0 Å². The molecule has 1 heterocycles. The third-order valence-corrected chi connectivity index (χ3v) is 4.24. The van der Waals surface area contributed by atoms with Crippen molar-refractivity contribution in [3.63, 3.8) is 0 Å². The predicted octanol–water partition coefficient (Wildman–Crippen LogP) is 4.69. The molecule has 0 unspecified atom stereocenters. The molecule has 0 saturated heterocycles. The average Bonchev–Trinajstić information content (AvgIpc) is 2.49. The van der Waals surface area contributed by atoms with Crippen LogP contribution in [-0.4, -0.2) is 47.0 Å².